The van der Waals surface area contributed by atoms with Gasteiger partial charge in [-0.25, -0.2) is 0 Å². The maximum absolute atomic E-state index is 13.3. The number of benzene rings is 5. The Bertz CT molecular complexity index is 1690. The molecule has 45 heavy (non-hydrogen) atoms. The first kappa shape index (κ1) is 30.8. The van der Waals surface area contributed by atoms with Crippen LogP contribution in [0.15, 0.2) is 146 Å². The zero-order valence-electron chi connectivity index (χ0n) is 24.7. The molecule has 5 rings (SSSR count). The Balaban J connectivity index is 1.43. The van der Waals surface area contributed by atoms with Crippen molar-refractivity contribution in [3.05, 3.63) is 178 Å². The number of rotatable bonds is 12. The summed E-state index contributed by atoms with van der Waals surface area (Å²) in [5.74, 6) is -0.811. The van der Waals surface area contributed by atoms with Crippen LogP contribution in [-0.2, 0) is 19.9 Å². The lowest BCUT2D eigenvalue weighted by Crippen LogP contribution is -2.53. The average Bonchev–Trinajstić information content (AvgIpc) is 3.10. The van der Waals surface area contributed by atoms with Gasteiger partial charge in [-0.05, 0) is 39.5 Å². The fourth-order valence-electron chi connectivity index (χ4n) is 5.46. The third-order valence-corrected chi connectivity index (χ3v) is 7.66. The molecule has 0 aliphatic carbocycles. The Labute approximate surface area is 262 Å². The SMILES string of the molecule is COC(=O)[C@H](CC(=O)/C=C/c1ccc(-c2cccc([N+](=O)[O-])c2)cc1)NC(c1ccccc1)(c1ccccc1)c1ccccc1. The van der Waals surface area contributed by atoms with E-state index in [-0.39, 0.29) is 17.9 Å². The number of carbonyl (C=O) groups excluding carboxylic acids is 2. The number of esters is 1. The Morgan fingerprint density at radius 3 is 1.78 bits per heavy atom. The zero-order valence-corrected chi connectivity index (χ0v) is 24.7. The molecule has 5 aromatic carbocycles. The normalized spacial score (nSPS) is 12.0. The van der Waals surface area contributed by atoms with Gasteiger partial charge in [0.1, 0.15) is 6.04 Å². The molecule has 0 aromatic heterocycles. The lowest BCUT2D eigenvalue weighted by Gasteiger charge is -2.39. The third-order valence-electron chi connectivity index (χ3n) is 7.66. The minimum atomic E-state index is -0.969. The highest BCUT2D eigenvalue weighted by molar-refractivity contribution is 5.96. The van der Waals surface area contributed by atoms with Crippen LogP contribution in [0, 0.1) is 10.1 Å². The van der Waals surface area contributed by atoms with E-state index in [9.17, 15) is 19.7 Å². The second-order valence-corrected chi connectivity index (χ2v) is 10.5. The number of hydrogen-bond donors (Lipinski definition) is 1. The van der Waals surface area contributed by atoms with E-state index in [1.165, 1.54) is 25.3 Å². The van der Waals surface area contributed by atoms with E-state index in [0.717, 1.165) is 33.4 Å². The van der Waals surface area contributed by atoms with Gasteiger partial charge in [-0.3, -0.25) is 25.0 Å². The molecule has 0 heterocycles. The first-order valence-corrected chi connectivity index (χ1v) is 14.5. The summed E-state index contributed by atoms with van der Waals surface area (Å²) < 4.78 is 5.19. The molecule has 0 bridgehead atoms. The summed E-state index contributed by atoms with van der Waals surface area (Å²) in [7, 11) is 1.31. The molecular formula is C38H32N2O5. The minimum Gasteiger partial charge on any atom is -0.468 e. The molecule has 0 unspecified atom stereocenters. The molecule has 0 radical (unpaired) electrons. The average molecular weight is 597 g/mol. The van der Waals surface area contributed by atoms with Crippen LogP contribution in [0.4, 0.5) is 5.69 Å². The quantitative estimate of drug-likeness (QED) is 0.0531. The number of ether oxygens (including phenoxy) is 1. The van der Waals surface area contributed by atoms with E-state index in [1.54, 1.807) is 12.1 Å². The molecule has 0 fully saturated rings. The van der Waals surface area contributed by atoms with E-state index in [0.29, 0.717) is 0 Å². The number of allylic oxidation sites excluding steroid dienone is 1. The number of nitro benzene ring substituents is 1. The fourth-order valence-corrected chi connectivity index (χ4v) is 5.46. The molecule has 1 atom stereocenters. The number of ketones is 1. The molecule has 0 aliphatic heterocycles. The summed E-state index contributed by atoms with van der Waals surface area (Å²) >= 11 is 0. The maximum Gasteiger partial charge on any atom is 0.323 e. The number of nitrogens with zero attached hydrogens (tertiary/aromatic N) is 1. The van der Waals surface area contributed by atoms with Gasteiger partial charge in [0.05, 0.1) is 17.6 Å². The van der Waals surface area contributed by atoms with Crippen LogP contribution in [0.3, 0.4) is 0 Å². The smallest absolute Gasteiger partial charge is 0.323 e. The number of methoxy groups -OCH3 is 1. The zero-order chi connectivity index (χ0) is 31.6. The third kappa shape index (κ3) is 7.12. The van der Waals surface area contributed by atoms with Crippen LogP contribution in [0.2, 0.25) is 0 Å². The molecule has 0 saturated heterocycles. The lowest BCUT2D eigenvalue weighted by atomic mass is 9.76. The highest BCUT2D eigenvalue weighted by Gasteiger charge is 2.40. The van der Waals surface area contributed by atoms with Crippen molar-refractivity contribution in [3.8, 4) is 11.1 Å². The first-order valence-electron chi connectivity index (χ1n) is 14.5. The molecule has 0 saturated carbocycles. The topological polar surface area (TPSA) is 98.5 Å². The van der Waals surface area contributed by atoms with Gasteiger partial charge < -0.3 is 4.74 Å². The van der Waals surface area contributed by atoms with E-state index in [2.05, 4.69) is 5.32 Å². The van der Waals surface area contributed by atoms with Crippen molar-refractivity contribution in [3.63, 3.8) is 0 Å². The van der Waals surface area contributed by atoms with Crippen LogP contribution in [0.5, 0.6) is 0 Å². The number of nitro groups is 1. The van der Waals surface area contributed by atoms with E-state index >= 15 is 0 Å². The van der Waals surface area contributed by atoms with Crippen LogP contribution in [0.1, 0.15) is 28.7 Å². The summed E-state index contributed by atoms with van der Waals surface area (Å²) in [5.41, 5.74) is 4.08. The van der Waals surface area contributed by atoms with Gasteiger partial charge >= 0.3 is 5.97 Å². The van der Waals surface area contributed by atoms with Gasteiger partial charge in [-0.1, -0.05) is 133 Å². The summed E-state index contributed by atoms with van der Waals surface area (Å²) in [6, 6.07) is 42.3. The van der Waals surface area contributed by atoms with Gasteiger partial charge in [0.2, 0.25) is 0 Å². The number of non-ortho nitro benzene ring substituents is 1. The monoisotopic (exact) mass is 596 g/mol. The highest BCUT2D eigenvalue weighted by Crippen LogP contribution is 2.37. The minimum absolute atomic E-state index is 0.0200. The second kappa shape index (κ2) is 14.2. The van der Waals surface area contributed by atoms with Gasteiger partial charge in [-0.2, -0.15) is 0 Å². The molecule has 5 aromatic rings. The van der Waals surface area contributed by atoms with Crippen molar-refractivity contribution < 1.29 is 19.2 Å². The van der Waals surface area contributed by atoms with Gasteiger partial charge in [0, 0.05) is 18.6 Å². The largest absolute Gasteiger partial charge is 0.468 e. The summed E-state index contributed by atoms with van der Waals surface area (Å²) in [4.78, 5) is 37.3. The Morgan fingerprint density at radius 2 is 1.29 bits per heavy atom. The standard InChI is InChI=1S/C38H32N2O5/c1-45-37(42)36(27-35(41)25-22-28-20-23-29(24-21-28)30-12-11-19-34(26-30)40(43)44)39-38(31-13-5-2-6-14-31,32-15-7-3-8-16-32)33-17-9-4-10-18-33/h2-26,36,39H,27H2,1H3/b25-22+/t36-/m0/s1. The van der Waals surface area contributed by atoms with Crippen molar-refractivity contribution >= 4 is 23.5 Å². The Kier molecular flexibility index (Phi) is 9.72. The van der Waals surface area contributed by atoms with E-state index < -0.39 is 22.5 Å². The molecule has 0 aliphatic rings. The van der Waals surface area contributed by atoms with Crippen LogP contribution >= 0.6 is 0 Å². The number of carbonyl (C=O) groups is 2. The van der Waals surface area contributed by atoms with E-state index in [1.807, 2.05) is 121 Å². The fraction of sp³-hybridized carbons (Fsp3) is 0.105. The number of nitrogens with one attached hydrogen (secondary N) is 1. The summed E-state index contributed by atoms with van der Waals surface area (Å²) in [5, 5.41) is 14.7. The van der Waals surface area contributed by atoms with Crippen LogP contribution in [-0.4, -0.2) is 29.8 Å². The first-order chi connectivity index (χ1) is 21.9. The molecule has 0 amide bonds. The Hall–Kier alpha value is -5.66. The van der Waals surface area contributed by atoms with Crippen LogP contribution in [0.25, 0.3) is 17.2 Å². The second-order valence-electron chi connectivity index (χ2n) is 10.5. The molecule has 7 nitrogen and oxygen atoms in total. The molecule has 0 spiro atoms. The predicted octanol–water partition coefficient (Wildman–Crippen LogP) is 7.36. The molecular weight excluding hydrogens is 564 g/mol. The van der Waals surface area contributed by atoms with Crippen molar-refractivity contribution in [2.24, 2.45) is 0 Å². The number of hydrogen-bond acceptors (Lipinski definition) is 6. The molecule has 224 valence electrons. The van der Waals surface area contributed by atoms with Gasteiger partial charge in [-0.15, -0.1) is 0 Å². The molecule has 1 N–H and O–H groups in total. The van der Waals surface area contributed by atoms with Crippen LogP contribution < -0.4 is 5.32 Å². The van der Waals surface area contributed by atoms with Gasteiger partial charge in [0.25, 0.3) is 5.69 Å². The van der Waals surface area contributed by atoms with Gasteiger partial charge in [0.15, 0.2) is 5.78 Å². The highest BCUT2D eigenvalue weighted by atomic mass is 16.6. The maximum atomic E-state index is 13.3. The summed E-state index contributed by atoms with van der Waals surface area (Å²) in [6.45, 7) is 0. The Morgan fingerprint density at radius 1 is 0.756 bits per heavy atom. The summed E-state index contributed by atoms with van der Waals surface area (Å²) in [6.07, 6.45) is 3.01. The predicted molar refractivity (Wildman–Crippen MR) is 175 cm³/mol. The van der Waals surface area contributed by atoms with Crippen molar-refractivity contribution in [1.82, 2.24) is 5.32 Å². The van der Waals surface area contributed by atoms with Crippen molar-refractivity contribution in [2.45, 2.75) is 18.0 Å². The van der Waals surface area contributed by atoms with Crippen molar-refractivity contribution in [2.75, 3.05) is 7.11 Å². The lowest BCUT2D eigenvalue weighted by molar-refractivity contribution is -0.384. The van der Waals surface area contributed by atoms with Crippen molar-refractivity contribution in [1.29, 1.82) is 0 Å². The molecule has 7 heteroatoms. The van der Waals surface area contributed by atoms with E-state index in [4.69, 9.17) is 4.74 Å².